The Morgan fingerprint density at radius 3 is 2.40 bits per heavy atom. The Labute approximate surface area is 92.5 Å². The first kappa shape index (κ1) is 10.8. The molecule has 3 nitrogen and oxygen atoms in total. The summed E-state index contributed by atoms with van der Waals surface area (Å²) in [4.78, 5) is 4.49. The van der Waals surface area contributed by atoms with Gasteiger partial charge in [0.05, 0.1) is 0 Å². The zero-order valence-electron chi connectivity index (χ0n) is 10.1. The van der Waals surface area contributed by atoms with Crippen LogP contribution in [0.25, 0.3) is 0 Å². The molecule has 0 spiro atoms. The van der Waals surface area contributed by atoms with Gasteiger partial charge < -0.3 is 11.1 Å². The highest BCUT2D eigenvalue weighted by Crippen LogP contribution is 2.61. The highest BCUT2D eigenvalue weighted by Gasteiger charge is 2.53. The largest absolute Gasteiger partial charge is 0.370 e. The molecule has 0 heterocycles. The first-order valence-corrected chi connectivity index (χ1v) is 5.99. The van der Waals surface area contributed by atoms with Crippen LogP contribution < -0.4 is 11.1 Å². The molecular weight excluding hydrogens is 186 g/mol. The summed E-state index contributed by atoms with van der Waals surface area (Å²) >= 11 is 0. The highest BCUT2D eigenvalue weighted by molar-refractivity contribution is 5.78. The van der Waals surface area contributed by atoms with Gasteiger partial charge in [0, 0.05) is 12.1 Å². The fourth-order valence-electron chi connectivity index (χ4n) is 2.22. The molecule has 0 aromatic heterocycles. The fourth-order valence-corrected chi connectivity index (χ4v) is 2.22. The van der Waals surface area contributed by atoms with Crippen molar-refractivity contribution in [2.24, 2.45) is 22.1 Å². The van der Waals surface area contributed by atoms with Crippen LogP contribution in [0.1, 0.15) is 46.5 Å². The molecular formula is C12H23N3. The Kier molecular flexibility index (Phi) is 2.44. The molecule has 2 aliphatic rings. The lowest BCUT2D eigenvalue weighted by Gasteiger charge is -2.21. The molecule has 2 saturated carbocycles. The van der Waals surface area contributed by atoms with Crippen LogP contribution >= 0.6 is 0 Å². The van der Waals surface area contributed by atoms with Crippen LogP contribution in [0.2, 0.25) is 0 Å². The molecule has 0 amide bonds. The summed E-state index contributed by atoms with van der Waals surface area (Å²) in [7, 11) is 0. The van der Waals surface area contributed by atoms with E-state index in [-0.39, 0.29) is 5.54 Å². The first-order valence-electron chi connectivity index (χ1n) is 5.99. The third kappa shape index (κ3) is 2.86. The Morgan fingerprint density at radius 1 is 1.40 bits per heavy atom. The number of hydrogen-bond acceptors (Lipinski definition) is 1. The average molecular weight is 209 g/mol. The monoisotopic (exact) mass is 209 g/mol. The Balaban J connectivity index is 1.83. The highest BCUT2D eigenvalue weighted by atomic mass is 15.1. The van der Waals surface area contributed by atoms with E-state index in [1.54, 1.807) is 0 Å². The van der Waals surface area contributed by atoms with Crippen LogP contribution in [-0.2, 0) is 0 Å². The smallest absolute Gasteiger partial charge is 0.189 e. The molecule has 86 valence electrons. The normalized spacial score (nSPS) is 25.1. The van der Waals surface area contributed by atoms with Crippen LogP contribution in [0.15, 0.2) is 4.99 Å². The van der Waals surface area contributed by atoms with Crippen LogP contribution in [0.4, 0.5) is 0 Å². The van der Waals surface area contributed by atoms with Gasteiger partial charge in [-0.25, -0.2) is 0 Å². The third-order valence-corrected chi connectivity index (χ3v) is 3.40. The van der Waals surface area contributed by atoms with Crippen molar-refractivity contribution in [2.75, 3.05) is 6.54 Å². The summed E-state index contributed by atoms with van der Waals surface area (Å²) in [6, 6.07) is 0. The van der Waals surface area contributed by atoms with E-state index >= 15 is 0 Å². The summed E-state index contributed by atoms with van der Waals surface area (Å²) in [6.45, 7) is 7.24. The minimum Gasteiger partial charge on any atom is -0.370 e. The molecule has 0 saturated heterocycles. The van der Waals surface area contributed by atoms with Gasteiger partial charge in [-0.3, -0.25) is 4.99 Å². The Hall–Kier alpha value is -0.730. The van der Waals surface area contributed by atoms with E-state index in [2.05, 4.69) is 31.1 Å². The van der Waals surface area contributed by atoms with E-state index in [1.165, 1.54) is 25.7 Å². The second-order valence-electron chi connectivity index (χ2n) is 6.21. The molecule has 0 bridgehead atoms. The van der Waals surface area contributed by atoms with Crippen molar-refractivity contribution in [1.82, 2.24) is 5.32 Å². The maximum atomic E-state index is 5.85. The summed E-state index contributed by atoms with van der Waals surface area (Å²) in [5.41, 5.74) is 6.43. The van der Waals surface area contributed by atoms with Crippen molar-refractivity contribution < 1.29 is 0 Å². The van der Waals surface area contributed by atoms with Crippen LogP contribution in [0, 0.1) is 11.3 Å². The predicted octanol–water partition coefficient (Wildman–Crippen LogP) is 1.88. The Morgan fingerprint density at radius 2 is 2.00 bits per heavy atom. The topological polar surface area (TPSA) is 50.4 Å². The van der Waals surface area contributed by atoms with Crippen molar-refractivity contribution in [1.29, 1.82) is 0 Å². The SMILES string of the molecule is CC(C)(C)NC(N)=NCC1(C2CC2)CC1. The molecule has 0 unspecified atom stereocenters. The molecule has 2 aliphatic carbocycles. The van der Waals surface area contributed by atoms with Crippen molar-refractivity contribution in [3.05, 3.63) is 0 Å². The second kappa shape index (κ2) is 3.39. The number of nitrogens with one attached hydrogen (secondary N) is 1. The molecule has 2 rings (SSSR count). The van der Waals surface area contributed by atoms with Gasteiger partial charge in [-0.1, -0.05) is 0 Å². The lowest BCUT2D eigenvalue weighted by atomic mass is 10.0. The molecule has 3 N–H and O–H groups in total. The van der Waals surface area contributed by atoms with Gasteiger partial charge in [-0.05, 0) is 57.8 Å². The lowest BCUT2D eigenvalue weighted by Crippen LogP contribution is -2.45. The summed E-state index contributed by atoms with van der Waals surface area (Å²) in [6.07, 6.45) is 5.57. The van der Waals surface area contributed by atoms with E-state index < -0.39 is 0 Å². The number of rotatable bonds is 3. The third-order valence-electron chi connectivity index (χ3n) is 3.40. The van der Waals surface area contributed by atoms with E-state index in [4.69, 9.17) is 5.73 Å². The molecule has 0 atom stereocenters. The van der Waals surface area contributed by atoms with Gasteiger partial charge in [0.25, 0.3) is 0 Å². The Bertz CT molecular complexity index is 267. The van der Waals surface area contributed by atoms with Gasteiger partial charge in [-0.2, -0.15) is 0 Å². The van der Waals surface area contributed by atoms with E-state index in [1.807, 2.05) is 0 Å². The number of aliphatic imine (C=N–C) groups is 1. The molecule has 0 aromatic rings. The van der Waals surface area contributed by atoms with Crippen LogP contribution in [0.5, 0.6) is 0 Å². The quantitative estimate of drug-likeness (QED) is 0.551. The van der Waals surface area contributed by atoms with Gasteiger partial charge in [0.15, 0.2) is 5.96 Å². The van der Waals surface area contributed by atoms with Crippen molar-refractivity contribution in [2.45, 2.75) is 52.0 Å². The fraction of sp³-hybridized carbons (Fsp3) is 0.917. The van der Waals surface area contributed by atoms with Crippen molar-refractivity contribution >= 4 is 5.96 Å². The number of hydrogen-bond donors (Lipinski definition) is 2. The van der Waals surface area contributed by atoms with E-state index in [9.17, 15) is 0 Å². The number of nitrogens with two attached hydrogens (primary N) is 1. The maximum absolute atomic E-state index is 5.85. The second-order valence-corrected chi connectivity index (χ2v) is 6.21. The summed E-state index contributed by atoms with van der Waals surface area (Å²) in [5.74, 6) is 1.57. The zero-order chi connectivity index (χ0) is 11.1. The van der Waals surface area contributed by atoms with Crippen molar-refractivity contribution in [3.63, 3.8) is 0 Å². The predicted molar refractivity (Wildman–Crippen MR) is 63.8 cm³/mol. The molecule has 2 fully saturated rings. The molecule has 15 heavy (non-hydrogen) atoms. The lowest BCUT2D eigenvalue weighted by molar-refractivity contribution is 0.449. The van der Waals surface area contributed by atoms with Gasteiger partial charge in [0.2, 0.25) is 0 Å². The minimum atomic E-state index is 0.0177. The number of nitrogens with zero attached hydrogens (tertiary/aromatic N) is 1. The molecule has 0 aliphatic heterocycles. The zero-order valence-corrected chi connectivity index (χ0v) is 10.1. The molecule has 3 heteroatoms. The van der Waals surface area contributed by atoms with E-state index in [0.29, 0.717) is 11.4 Å². The first-order chi connectivity index (χ1) is 6.91. The molecule has 0 aromatic carbocycles. The van der Waals surface area contributed by atoms with Gasteiger partial charge >= 0.3 is 0 Å². The minimum absolute atomic E-state index is 0.0177. The van der Waals surface area contributed by atoms with E-state index in [0.717, 1.165) is 12.5 Å². The van der Waals surface area contributed by atoms with Crippen molar-refractivity contribution in [3.8, 4) is 0 Å². The van der Waals surface area contributed by atoms with Gasteiger partial charge in [0.1, 0.15) is 0 Å². The van der Waals surface area contributed by atoms with Gasteiger partial charge in [-0.15, -0.1) is 0 Å². The average Bonchev–Trinajstić information content (AvgIpc) is 2.92. The van der Waals surface area contributed by atoms with Crippen LogP contribution in [-0.4, -0.2) is 18.0 Å². The summed E-state index contributed by atoms with van der Waals surface area (Å²) in [5, 5.41) is 3.21. The van der Waals surface area contributed by atoms with Crippen LogP contribution in [0.3, 0.4) is 0 Å². The number of guanidine groups is 1. The maximum Gasteiger partial charge on any atom is 0.189 e. The summed E-state index contributed by atoms with van der Waals surface area (Å²) < 4.78 is 0. The molecule has 0 radical (unpaired) electrons. The standard InChI is InChI=1S/C12H23N3/c1-11(2,3)15-10(13)14-8-12(6-7-12)9-4-5-9/h9H,4-8H2,1-3H3,(H3,13,14,15).